The maximum absolute atomic E-state index is 10.7. The van der Waals surface area contributed by atoms with Gasteiger partial charge in [-0.3, -0.25) is 15.4 Å². The van der Waals surface area contributed by atoms with Crippen LogP contribution in [0.1, 0.15) is 13.8 Å². The molecule has 0 saturated carbocycles. The van der Waals surface area contributed by atoms with Crippen LogP contribution < -0.4 is 10.2 Å². The van der Waals surface area contributed by atoms with Gasteiger partial charge < -0.3 is 4.90 Å². The van der Waals surface area contributed by atoms with E-state index < -0.39 is 4.92 Å². The zero-order valence-corrected chi connectivity index (χ0v) is 10.5. The number of hydrogen-bond donors (Lipinski definition) is 1. The highest BCUT2D eigenvalue weighted by atomic mass is 35.5. The van der Waals surface area contributed by atoms with Crippen molar-refractivity contribution < 1.29 is 4.92 Å². The summed E-state index contributed by atoms with van der Waals surface area (Å²) in [6.45, 7) is 5.79. The molecule has 0 unspecified atom stereocenters. The van der Waals surface area contributed by atoms with Gasteiger partial charge in [0.05, 0.1) is 11.6 Å². The predicted molar refractivity (Wildman–Crippen MR) is 67.5 cm³/mol. The van der Waals surface area contributed by atoms with E-state index in [-0.39, 0.29) is 16.2 Å². The summed E-state index contributed by atoms with van der Waals surface area (Å²) in [4.78, 5) is 12.3. The predicted octanol–water partition coefficient (Wildman–Crippen LogP) is 2.39. The molecule has 1 aliphatic rings. The highest BCUT2D eigenvalue weighted by molar-refractivity contribution is 6.32. The lowest BCUT2D eigenvalue weighted by Crippen LogP contribution is -2.34. The molecule has 1 N–H and O–H groups in total. The van der Waals surface area contributed by atoms with Crippen molar-refractivity contribution in [2.24, 2.45) is 0 Å². The largest absolute Gasteiger partial charge is 0.357 e. The summed E-state index contributed by atoms with van der Waals surface area (Å²) in [7, 11) is 0. The van der Waals surface area contributed by atoms with Crippen LogP contribution in [-0.2, 0) is 0 Å². The molecule has 0 bridgehead atoms. The molecule has 0 aromatic heterocycles. The van der Waals surface area contributed by atoms with E-state index in [1.165, 1.54) is 6.07 Å². The van der Waals surface area contributed by atoms with Crippen LogP contribution in [0.3, 0.4) is 0 Å². The Kier molecular flexibility index (Phi) is 2.97. The number of halogens is 1. The van der Waals surface area contributed by atoms with Gasteiger partial charge in [0.25, 0.3) is 5.69 Å². The van der Waals surface area contributed by atoms with Gasteiger partial charge in [-0.05, 0) is 26.0 Å². The van der Waals surface area contributed by atoms with Gasteiger partial charge >= 0.3 is 0 Å². The van der Waals surface area contributed by atoms with Crippen LogP contribution in [0.15, 0.2) is 18.2 Å². The first-order valence-electron chi connectivity index (χ1n) is 5.33. The average molecular weight is 256 g/mol. The standard InChI is InChI=1S/C11H14ClN3O2/c1-11(2)6-14(7-13-11)8-3-4-10(15(16)17)9(12)5-8/h3-5,13H,6-7H2,1-2H3. The topological polar surface area (TPSA) is 58.4 Å². The third kappa shape index (κ3) is 2.50. The van der Waals surface area contributed by atoms with Crippen LogP contribution >= 0.6 is 11.6 Å². The maximum Gasteiger partial charge on any atom is 0.288 e. The highest BCUT2D eigenvalue weighted by Gasteiger charge is 2.29. The first-order valence-corrected chi connectivity index (χ1v) is 5.71. The first-order chi connectivity index (χ1) is 7.89. The molecule has 1 aromatic rings. The van der Waals surface area contributed by atoms with E-state index in [2.05, 4.69) is 24.1 Å². The van der Waals surface area contributed by atoms with E-state index in [4.69, 9.17) is 11.6 Å². The number of nitro benzene ring substituents is 1. The number of rotatable bonds is 2. The molecule has 0 atom stereocenters. The normalized spacial score (nSPS) is 18.4. The number of anilines is 1. The molecule has 0 spiro atoms. The molecule has 17 heavy (non-hydrogen) atoms. The van der Waals surface area contributed by atoms with Gasteiger partial charge in [0.2, 0.25) is 0 Å². The molecular formula is C11H14ClN3O2. The molecule has 0 aliphatic carbocycles. The van der Waals surface area contributed by atoms with Gasteiger partial charge in [-0.1, -0.05) is 11.6 Å². The Labute approximate surface area is 105 Å². The minimum Gasteiger partial charge on any atom is -0.357 e. The Hall–Kier alpha value is -1.33. The van der Waals surface area contributed by atoms with E-state index in [9.17, 15) is 10.1 Å². The molecule has 0 radical (unpaired) electrons. The summed E-state index contributed by atoms with van der Waals surface area (Å²) in [6, 6.07) is 4.82. The Balaban J connectivity index is 2.24. The minimum absolute atomic E-state index is 0.0499. The summed E-state index contributed by atoms with van der Waals surface area (Å²) in [5.74, 6) is 0. The maximum atomic E-state index is 10.7. The fourth-order valence-corrected chi connectivity index (χ4v) is 2.17. The summed E-state index contributed by atoms with van der Waals surface area (Å²) < 4.78 is 0. The molecule has 0 amide bonds. The van der Waals surface area contributed by atoms with E-state index in [0.717, 1.165) is 18.9 Å². The highest BCUT2D eigenvalue weighted by Crippen LogP contribution is 2.30. The van der Waals surface area contributed by atoms with E-state index >= 15 is 0 Å². The molecule has 1 heterocycles. The second kappa shape index (κ2) is 4.16. The third-order valence-corrected chi connectivity index (χ3v) is 3.13. The Morgan fingerprint density at radius 3 is 2.71 bits per heavy atom. The molecule has 92 valence electrons. The lowest BCUT2D eigenvalue weighted by Gasteiger charge is -2.20. The summed E-state index contributed by atoms with van der Waals surface area (Å²) >= 11 is 5.89. The number of nitrogens with one attached hydrogen (secondary N) is 1. The zero-order valence-electron chi connectivity index (χ0n) is 9.74. The van der Waals surface area contributed by atoms with E-state index in [1.54, 1.807) is 12.1 Å². The third-order valence-electron chi connectivity index (χ3n) is 2.83. The molecule has 1 fully saturated rings. The van der Waals surface area contributed by atoms with Crippen molar-refractivity contribution in [3.63, 3.8) is 0 Å². The van der Waals surface area contributed by atoms with Gasteiger partial charge in [-0.25, -0.2) is 0 Å². The summed E-state index contributed by atoms with van der Waals surface area (Å²) in [5.41, 5.74) is 0.898. The SMILES string of the molecule is CC1(C)CN(c2ccc([N+](=O)[O-])c(Cl)c2)CN1. The van der Waals surface area contributed by atoms with Crippen molar-refractivity contribution in [2.45, 2.75) is 19.4 Å². The Bertz CT molecular complexity index is 462. The van der Waals surface area contributed by atoms with Crippen molar-refractivity contribution in [2.75, 3.05) is 18.1 Å². The second-order valence-corrected chi connectivity index (χ2v) is 5.22. The lowest BCUT2D eigenvalue weighted by atomic mass is 10.1. The molecule has 2 rings (SSSR count). The van der Waals surface area contributed by atoms with Gasteiger partial charge in [0.1, 0.15) is 5.02 Å². The molecule has 6 heteroatoms. The molecular weight excluding hydrogens is 242 g/mol. The number of nitro groups is 1. The van der Waals surface area contributed by atoms with Gasteiger partial charge in [0, 0.05) is 23.8 Å². The lowest BCUT2D eigenvalue weighted by molar-refractivity contribution is -0.384. The second-order valence-electron chi connectivity index (χ2n) is 4.81. The van der Waals surface area contributed by atoms with Crippen molar-refractivity contribution in [1.82, 2.24) is 5.32 Å². The monoisotopic (exact) mass is 255 g/mol. The number of benzene rings is 1. The first kappa shape index (κ1) is 12.1. The van der Waals surface area contributed by atoms with Gasteiger partial charge in [-0.2, -0.15) is 0 Å². The number of hydrogen-bond acceptors (Lipinski definition) is 4. The Morgan fingerprint density at radius 1 is 1.53 bits per heavy atom. The van der Waals surface area contributed by atoms with Gasteiger partial charge in [-0.15, -0.1) is 0 Å². The summed E-state index contributed by atoms with van der Waals surface area (Å²) in [5, 5.41) is 14.2. The fraction of sp³-hybridized carbons (Fsp3) is 0.455. The number of nitrogens with zero attached hydrogens (tertiary/aromatic N) is 2. The van der Waals surface area contributed by atoms with Crippen molar-refractivity contribution in [1.29, 1.82) is 0 Å². The molecule has 1 aliphatic heterocycles. The van der Waals surface area contributed by atoms with Crippen LogP contribution in [0.25, 0.3) is 0 Å². The summed E-state index contributed by atoms with van der Waals surface area (Å²) in [6.07, 6.45) is 0. The van der Waals surface area contributed by atoms with Crippen molar-refractivity contribution in [3.05, 3.63) is 33.3 Å². The van der Waals surface area contributed by atoms with Crippen LogP contribution in [0.2, 0.25) is 5.02 Å². The smallest absolute Gasteiger partial charge is 0.288 e. The van der Waals surface area contributed by atoms with Crippen LogP contribution in [0, 0.1) is 10.1 Å². The van der Waals surface area contributed by atoms with E-state index in [0.29, 0.717) is 0 Å². The van der Waals surface area contributed by atoms with Gasteiger partial charge in [0.15, 0.2) is 0 Å². The molecule has 1 saturated heterocycles. The van der Waals surface area contributed by atoms with E-state index in [1.807, 2.05) is 0 Å². The van der Waals surface area contributed by atoms with Crippen molar-refractivity contribution in [3.8, 4) is 0 Å². The van der Waals surface area contributed by atoms with Crippen LogP contribution in [0.4, 0.5) is 11.4 Å². The molecule has 5 nitrogen and oxygen atoms in total. The molecule has 1 aromatic carbocycles. The minimum atomic E-state index is -0.474. The van der Waals surface area contributed by atoms with Crippen LogP contribution in [-0.4, -0.2) is 23.7 Å². The Morgan fingerprint density at radius 2 is 2.24 bits per heavy atom. The van der Waals surface area contributed by atoms with Crippen LogP contribution in [0.5, 0.6) is 0 Å². The van der Waals surface area contributed by atoms with Crippen molar-refractivity contribution >= 4 is 23.0 Å². The zero-order chi connectivity index (χ0) is 12.6. The fourth-order valence-electron chi connectivity index (χ4n) is 1.92. The average Bonchev–Trinajstić information content (AvgIpc) is 2.58. The quantitative estimate of drug-likeness (QED) is 0.651.